The van der Waals surface area contributed by atoms with E-state index in [9.17, 15) is 9.59 Å². The van der Waals surface area contributed by atoms with E-state index in [0.29, 0.717) is 6.42 Å². The molecule has 178 valence electrons. The monoisotopic (exact) mass is 476 g/mol. The molecule has 1 aromatic rings. The minimum absolute atomic E-state index is 0.00379. The number of hydrogen-bond donors (Lipinski definition) is 0. The number of benzene rings is 1. The van der Waals surface area contributed by atoms with Crippen molar-refractivity contribution in [3.8, 4) is 0 Å². The molecule has 4 atom stereocenters. The molecular weight excluding hydrogens is 436 g/mol. The second-order valence-electron chi connectivity index (χ2n) is 11.6. The first-order chi connectivity index (χ1) is 14.8. The molecule has 0 radical (unpaired) electrons. The fraction of sp³-hybridized carbons (Fsp3) is 0.692. The van der Waals surface area contributed by atoms with Gasteiger partial charge >= 0.3 is 5.97 Å². The molecule has 2 unspecified atom stereocenters. The first kappa shape index (κ1) is 25.5. The molecule has 2 saturated carbocycles. The van der Waals surface area contributed by atoms with E-state index in [2.05, 4.69) is 59.8 Å². The van der Waals surface area contributed by atoms with Crippen molar-refractivity contribution in [2.45, 2.75) is 94.7 Å². The lowest BCUT2D eigenvalue weighted by Gasteiger charge is -2.58. The zero-order valence-electron chi connectivity index (χ0n) is 21.0. The summed E-state index contributed by atoms with van der Waals surface area (Å²) in [6.07, 6.45) is 2.48. The number of ketones is 1. The van der Waals surface area contributed by atoms with Crippen LogP contribution in [0.25, 0.3) is 0 Å². The van der Waals surface area contributed by atoms with Gasteiger partial charge in [0, 0.05) is 16.6 Å². The molecule has 0 N–H and O–H groups in total. The summed E-state index contributed by atoms with van der Waals surface area (Å²) in [6, 6.07) is 10.3. The van der Waals surface area contributed by atoms with Crippen LogP contribution in [0.1, 0.15) is 60.3 Å². The highest BCUT2D eigenvalue weighted by Gasteiger charge is 2.68. The summed E-state index contributed by atoms with van der Waals surface area (Å²) in [7, 11) is -0.779. The van der Waals surface area contributed by atoms with E-state index in [4.69, 9.17) is 9.16 Å². The van der Waals surface area contributed by atoms with Gasteiger partial charge in [0.25, 0.3) is 0 Å². The molecule has 6 heteroatoms. The highest BCUT2D eigenvalue weighted by molar-refractivity contribution is 8.00. The Hall–Kier alpha value is -1.11. The van der Waals surface area contributed by atoms with Crippen molar-refractivity contribution >= 4 is 31.8 Å². The molecule has 0 amide bonds. The number of ether oxygens (including phenoxy) is 1. The summed E-state index contributed by atoms with van der Waals surface area (Å²) >= 11 is 1.76. The summed E-state index contributed by atoms with van der Waals surface area (Å²) in [5, 5.41) is 0.0997. The van der Waals surface area contributed by atoms with Gasteiger partial charge in [-0.3, -0.25) is 9.59 Å². The van der Waals surface area contributed by atoms with Crippen LogP contribution >= 0.6 is 11.8 Å². The van der Waals surface area contributed by atoms with Crippen LogP contribution in [0.15, 0.2) is 35.2 Å². The zero-order chi connectivity index (χ0) is 23.9. The number of rotatable bonds is 5. The van der Waals surface area contributed by atoms with E-state index in [1.807, 2.05) is 18.2 Å². The van der Waals surface area contributed by atoms with Gasteiger partial charge in [-0.25, -0.2) is 0 Å². The number of hydrogen-bond acceptors (Lipinski definition) is 5. The number of Topliss-reactive ketones (excluding diaryl/α,β-unsaturated/α-hetero) is 1. The molecule has 2 fully saturated rings. The third-order valence-electron chi connectivity index (χ3n) is 8.36. The number of fused-ring (bicyclic) bond motifs is 1. The lowest BCUT2D eigenvalue weighted by Crippen LogP contribution is -2.67. The molecule has 1 aromatic carbocycles. The van der Waals surface area contributed by atoms with Gasteiger partial charge in [-0.05, 0) is 54.4 Å². The van der Waals surface area contributed by atoms with Gasteiger partial charge in [0.1, 0.15) is 0 Å². The minimum atomic E-state index is -2.19. The van der Waals surface area contributed by atoms with Crippen molar-refractivity contribution in [3.63, 3.8) is 0 Å². The molecule has 3 rings (SSSR count). The quantitative estimate of drug-likeness (QED) is 0.276. The van der Waals surface area contributed by atoms with Crippen LogP contribution in [0.4, 0.5) is 0 Å². The van der Waals surface area contributed by atoms with Crippen LogP contribution in [-0.2, 0) is 18.8 Å². The smallest absolute Gasteiger partial charge is 0.322 e. The Kier molecular flexibility index (Phi) is 7.11. The van der Waals surface area contributed by atoms with Gasteiger partial charge in [0.05, 0.1) is 13.2 Å². The van der Waals surface area contributed by atoms with Crippen molar-refractivity contribution in [3.05, 3.63) is 30.3 Å². The first-order valence-electron chi connectivity index (χ1n) is 11.8. The molecule has 0 bridgehead atoms. The van der Waals surface area contributed by atoms with Gasteiger partial charge in [-0.1, -0.05) is 59.2 Å². The Morgan fingerprint density at radius 2 is 1.75 bits per heavy atom. The largest absolute Gasteiger partial charge is 0.468 e. The molecule has 2 aliphatic carbocycles. The molecule has 0 aliphatic heterocycles. The third-order valence-corrected chi connectivity index (χ3v) is 14.5. The summed E-state index contributed by atoms with van der Waals surface area (Å²) in [4.78, 5) is 28.7. The number of carbonyl (C=O) groups is 2. The molecular formula is C26H40O4SSi. The van der Waals surface area contributed by atoms with Crippen molar-refractivity contribution in [1.82, 2.24) is 0 Å². The highest BCUT2D eigenvalue weighted by atomic mass is 32.2. The second-order valence-corrected chi connectivity index (χ2v) is 17.6. The molecule has 0 aromatic heterocycles. The Morgan fingerprint density at radius 3 is 2.31 bits per heavy atom. The fourth-order valence-electron chi connectivity index (χ4n) is 5.44. The second kappa shape index (κ2) is 8.92. The van der Waals surface area contributed by atoms with E-state index in [0.717, 1.165) is 24.2 Å². The van der Waals surface area contributed by atoms with Gasteiger partial charge in [-0.15, -0.1) is 11.8 Å². The maximum absolute atomic E-state index is 14.0. The topological polar surface area (TPSA) is 52.6 Å². The molecule has 0 spiro atoms. The summed E-state index contributed by atoms with van der Waals surface area (Å²) in [5.41, 5.74) is -1.43. The predicted molar refractivity (Wildman–Crippen MR) is 133 cm³/mol. The van der Waals surface area contributed by atoms with E-state index >= 15 is 0 Å². The molecule has 32 heavy (non-hydrogen) atoms. The average molecular weight is 477 g/mol. The van der Waals surface area contributed by atoms with Crippen LogP contribution in [-0.4, -0.2) is 38.5 Å². The van der Waals surface area contributed by atoms with E-state index in [-0.39, 0.29) is 27.4 Å². The number of thioether (sulfide) groups is 1. The van der Waals surface area contributed by atoms with Gasteiger partial charge in [0.15, 0.2) is 19.5 Å². The Balaban J connectivity index is 2.04. The van der Waals surface area contributed by atoms with Crippen LogP contribution < -0.4 is 0 Å². The van der Waals surface area contributed by atoms with Crippen molar-refractivity contribution in [2.75, 3.05) is 7.11 Å². The summed E-state index contributed by atoms with van der Waals surface area (Å²) in [6.45, 7) is 15.5. The van der Waals surface area contributed by atoms with Gasteiger partial charge in [-0.2, -0.15) is 0 Å². The normalized spacial score (nSPS) is 30.5. The van der Waals surface area contributed by atoms with E-state index in [1.54, 1.807) is 11.8 Å². The van der Waals surface area contributed by atoms with Gasteiger partial charge < -0.3 is 9.16 Å². The standard InChI is InChI=1S/C26H40O4SSi/c1-24(2,3)32(7,8)30-21-16-12-15-19-25(4,5)22(31-18-13-10-9-11-14-18)17-20(27)26(19,21)23(28)29-6/h9-11,13-14,19,21-22H,12,15-17H2,1-8H3/t19-,21?,22?,26+/m1/s1. The highest BCUT2D eigenvalue weighted by Crippen LogP contribution is 2.61. The van der Waals surface area contributed by atoms with Gasteiger partial charge in [0.2, 0.25) is 0 Å². The number of esters is 1. The summed E-state index contributed by atoms with van der Waals surface area (Å²) in [5.74, 6) is -0.494. The third kappa shape index (κ3) is 4.23. The first-order valence-corrected chi connectivity index (χ1v) is 15.6. The molecule has 2 aliphatic rings. The Morgan fingerprint density at radius 1 is 1.12 bits per heavy atom. The zero-order valence-corrected chi connectivity index (χ0v) is 22.8. The molecule has 0 heterocycles. The Labute approximate surface area is 199 Å². The Bertz CT molecular complexity index is 845. The van der Waals surface area contributed by atoms with E-state index in [1.165, 1.54) is 7.11 Å². The van der Waals surface area contributed by atoms with Crippen LogP contribution in [0, 0.1) is 16.7 Å². The van der Waals surface area contributed by atoms with Crippen LogP contribution in [0.2, 0.25) is 18.1 Å². The lowest BCUT2D eigenvalue weighted by molar-refractivity contribution is -0.187. The average Bonchev–Trinajstić information content (AvgIpc) is 2.71. The SMILES string of the molecule is COC(=O)[C@]12C(=O)CC(Sc3ccccc3)C(C)(C)[C@H]1CCCC2O[Si](C)(C)C(C)(C)C. The van der Waals surface area contributed by atoms with E-state index < -0.39 is 25.8 Å². The molecule has 0 saturated heterocycles. The van der Waals surface area contributed by atoms with Crippen molar-refractivity contribution in [2.24, 2.45) is 16.7 Å². The van der Waals surface area contributed by atoms with Crippen molar-refractivity contribution < 1.29 is 18.8 Å². The maximum atomic E-state index is 14.0. The van der Waals surface area contributed by atoms with Crippen molar-refractivity contribution in [1.29, 1.82) is 0 Å². The van der Waals surface area contributed by atoms with Crippen LogP contribution in [0.5, 0.6) is 0 Å². The summed E-state index contributed by atoms with van der Waals surface area (Å²) < 4.78 is 12.2. The number of carbonyl (C=O) groups excluding carboxylic acids is 2. The lowest BCUT2D eigenvalue weighted by atomic mass is 9.49. The molecule has 4 nitrogen and oxygen atoms in total. The number of methoxy groups -OCH3 is 1. The fourth-order valence-corrected chi connectivity index (χ4v) is 8.16. The maximum Gasteiger partial charge on any atom is 0.322 e. The van der Waals surface area contributed by atoms with Crippen LogP contribution in [0.3, 0.4) is 0 Å². The predicted octanol–water partition coefficient (Wildman–Crippen LogP) is 6.50. The minimum Gasteiger partial charge on any atom is -0.468 e.